The lowest BCUT2D eigenvalue weighted by Gasteiger charge is -2.05. The second kappa shape index (κ2) is 8.33. The molecule has 0 saturated carbocycles. The Hall–Kier alpha value is -0.870. The monoisotopic (exact) mass is 302 g/mol. The van der Waals surface area contributed by atoms with E-state index in [9.17, 15) is 9.00 Å². The highest BCUT2D eigenvalue weighted by molar-refractivity contribution is 7.85. The lowest BCUT2D eigenvalue weighted by atomic mass is 10.2. The van der Waals surface area contributed by atoms with Crippen LogP contribution in [0.5, 0.6) is 0 Å². The van der Waals surface area contributed by atoms with E-state index in [0.717, 1.165) is 19.3 Å². The van der Waals surface area contributed by atoms with Crippen LogP contribution in [0.3, 0.4) is 0 Å². The van der Waals surface area contributed by atoms with Crippen molar-refractivity contribution in [1.29, 1.82) is 0 Å². The maximum atomic E-state index is 12.0. The first kappa shape index (κ1) is 16.2. The highest BCUT2D eigenvalue weighted by Crippen LogP contribution is 2.20. The van der Waals surface area contributed by atoms with Gasteiger partial charge in [0.25, 0.3) is 0 Å². The third kappa shape index (κ3) is 5.33. The quantitative estimate of drug-likeness (QED) is 0.735. The summed E-state index contributed by atoms with van der Waals surface area (Å²) in [6.45, 7) is 2.15. The molecule has 0 aliphatic carbocycles. The van der Waals surface area contributed by atoms with Crippen molar-refractivity contribution in [3.8, 4) is 0 Å². The number of unbranched alkanes of at least 4 members (excludes halogenated alkanes) is 4. The smallest absolute Gasteiger partial charge is 0.337 e. The number of carboxylic acids is 1. The molecule has 0 aliphatic rings. The van der Waals surface area contributed by atoms with E-state index in [-0.39, 0.29) is 10.6 Å². The molecule has 0 aromatic heterocycles. The largest absolute Gasteiger partial charge is 0.478 e. The van der Waals surface area contributed by atoms with Gasteiger partial charge in [-0.05, 0) is 24.6 Å². The standard InChI is InChI=1S/C14H19ClO3S/c1-2-3-4-5-6-9-19(18)11-7-8-13(15)12(10-11)14(16)17/h7-8,10H,2-6,9H2,1H3,(H,16,17). The van der Waals surface area contributed by atoms with Gasteiger partial charge in [0.1, 0.15) is 0 Å². The molecule has 0 aliphatic heterocycles. The van der Waals surface area contributed by atoms with E-state index in [1.54, 1.807) is 6.07 Å². The number of carbonyl (C=O) groups is 1. The van der Waals surface area contributed by atoms with E-state index in [0.29, 0.717) is 10.6 Å². The van der Waals surface area contributed by atoms with Crippen molar-refractivity contribution in [3.05, 3.63) is 28.8 Å². The fourth-order valence-corrected chi connectivity index (χ4v) is 3.13. The van der Waals surface area contributed by atoms with Crippen LogP contribution in [0.2, 0.25) is 5.02 Å². The van der Waals surface area contributed by atoms with Crippen LogP contribution in [-0.4, -0.2) is 21.0 Å². The molecule has 1 aromatic carbocycles. The van der Waals surface area contributed by atoms with Gasteiger partial charge < -0.3 is 5.11 Å². The van der Waals surface area contributed by atoms with Gasteiger partial charge in [0.05, 0.1) is 21.4 Å². The SMILES string of the molecule is CCCCCCCS(=O)c1ccc(Cl)c(C(=O)O)c1. The highest BCUT2D eigenvalue weighted by Gasteiger charge is 2.12. The van der Waals surface area contributed by atoms with E-state index in [1.807, 2.05) is 0 Å². The molecule has 3 nitrogen and oxygen atoms in total. The van der Waals surface area contributed by atoms with Gasteiger partial charge in [0.15, 0.2) is 0 Å². The molecule has 1 unspecified atom stereocenters. The lowest BCUT2D eigenvalue weighted by molar-refractivity contribution is 0.0697. The minimum Gasteiger partial charge on any atom is -0.478 e. The fourth-order valence-electron chi connectivity index (χ4n) is 1.76. The third-order valence-corrected chi connectivity index (χ3v) is 4.63. The summed E-state index contributed by atoms with van der Waals surface area (Å²) in [5.41, 5.74) is 0.0125. The van der Waals surface area contributed by atoms with Crippen LogP contribution >= 0.6 is 11.6 Å². The first-order valence-electron chi connectivity index (χ1n) is 6.47. The Morgan fingerprint density at radius 2 is 1.95 bits per heavy atom. The summed E-state index contributed by atoms with van der Waals surface area (Å²) in [5, 5.41) is 9.14. The van der Waals surface area contributed by atoms with Crippen LogP contribution in [0, 0.1) is 0 Å². The average Bonchev–Trinajstić information content (AvgIpc) is 2.38. The number of aromatic carboxylic acids is 1. The van der Waals surface area contributed by atoms with Gasteiger partial charge in [-0.3, -0.25) is 4.21 Å². The predicted octanol–water partition coefficient (Wildman–Crippen LogP) is 4.12. The summed E-state index contributed by atoms with van der Waals surface area (Å²) in [5.74, 6) is -0.517. The van der Waals surface area contributed by atoms with Gasteiger partial charge in [0, 0.05) is 10.6 Å². The van der Waals surface area contributed by atoms with E-state index in [2.05, 4.69) is 6.92 Å². The highest BCUT2D eigenvalue weighted by atomic mass is 35.5. The Balaban J connectivity index is 2.57. The zero-order chi connectivity index (χ0) is 14.3. The van der Waals surface area contributed by atoms with Gasteiger partial charge in [-0.2, -0.15) is 0 Å². The van der Waals surface area contributed by atoms with Gasteiger partial charge in [-0.15, -0.1) is 0 Å². The zero-order valence-electron chi connectivity index (χ0n) is 11.0. The molecule has 0 spiro atoms. The number of carboxylic acid groups (broad SMARTS) is 1. The van der Waals surface area contributed by atoms with Crippen molar-refractivity contribution < 1.29 is 14.1 Å². The van der Waals surface area contributed by atoms with Gasteiger partial charge in [-0.25, -0.2) is 4.79 Å². The Labute approximate surface area is 121 Å². The molecule has 1 rings (SSSR count). The van der Waals surface area contributed by atoms with Crippen LogP contribution in [0.1, 0.15) is 49.4 Å². The Bertz CT molecular complexity index is 460. The van der Waals surface area contributed by atoms with Crippen LogP contribution in [0.25, 0.3) is 0 Å². The molecule has 5 heteroatoms. The molecule has 106 valence electrons. The molecule has 0 amide bonds. The summed E-state index contributed by atoms with van der Waals surface area (Å²) in [7, 11) is -1.15. The summed E-state index contributed by atoms with van der Waals surface area (Å²) < 4.78 is 12.0. The van der Waals surface area contributed by atoms with Crippen molar-refractivity contribution in [1.82, 2.24) is 0 Å². The third-order valence-electron chi connectivity index (χ3n) is 2.86. The summed E-state index contributed by atoms with van der Waals surface area (Å²) in [4.78, 5) is 11.5. The minimum atomic E-state index is -1.15. The Morgan fingerprint density at radius 1 is 1.26 bits per heavy atom. The van der Waals surface area contributed by atoms with Gasteiger partial charge >= 0.3 is 5.97 Å². The predicted molar refractivity (Wildman–Crippen MR) is 78.4 cm³/mol. The number of halogens is 1. The maximum Gasteiger partial charge on any atom is 0.337 e. The Kier molecular flexibility index (Phi) is 7.10. The molecular weight excluding hydrogens is 284 g/mol. The van der Waals surface area contributed by atoms with E-state index in [4.69, 9.17) is 16.7 Å². The number of benzene rings is 1. The van der Waals surface area contributed by atoms with Crippen molar-refractivity contribution in [2.75, 3.05) is 5.75 Å². The Morgan fingerprint density at radius 3 is 2.58 bits per heavy atom. The second-order valence-electron chi connectivity index (χ2n) is 4.41. The van der Waals surface area contributed by atoms with Crippen molar-refractivity contribution >= 4 is 28.4 Å². The van der Waals surface area contributed by atoms with E-state index in [1.165, 1.54) is 25.0 Å². The molecule has 0 bridgehead atoms. The summed E-state index contributed by atoms with van der Waals surface area (Å²) in [6, 6.07) is 4.54. The number of hydrogen-bond donors (Lipinski definition) is 1. The molecule has 1 N–H and O–H groups in total. The zero-order valence-corrected chi connectivity index (χ0v) is 12.6. The van der Waals surface area contributed by atoms with Crippen LogP contribution in [-0.2, 0) is 10.8 Å². The second-order valence-corrected chi connectivity index (χ2v) is 6.39. The normalized spacial score (nSPS) is 12.3. The molecule has 0 heterocycles. The van der Waals surface area contributed by atoms with Gasteiger partial charge in [-0.1, -0.05) is 44.2 Å². The van der Waals surface area contributed by atoms with Gasteiger partial charge in [0.2, 0.25) is 0 Å². The number of hydrogen-bond acceptors (Lipinski definition) is 2. The van der Waals surface area contributed by atoms with Crippen LogP contribution in [0.4, 0.5) is 0 Å². The summed E-state index contributed by atoms with van der Waals surface area (Å²) in [6.07, 6.45) is 5.52. The first-order chi connectivity index (χ1) is 9.06. The van der Waals surface area contributed by atoms with Crippen molar-refractivity contribution in [3.63, 3.8) is 0 Å². The van der Waals surface area contributed by atoms with E-state index < -0.39 is 16.8 Å². The molecule has 0 fully saturated rings. The van der Waals surface area contributed by atoms with Crippen molar-refractivity contribution in [2.24, 2.45) is 0 Å². The first-order valence-corrected chi connectivity index (χ1v) is 8.17. The molecule has 0 saturated heterocycles. The van der Waals surface area contributed by atoms with Crippen LogP contribution in [0.15, 0.2) is 23.1 Å². The minimum absolute atomic E-state index is 0.0125. The molecule has 1 atom stereocenters. The topological polar surface area (TPSA) is 54.4 Å². The maximum absolute atomic E-state index is 12.0. The lowest BCUT2D eigenvalue weighted by Crippen LogP contribution is -2.02. The fraction of sp³-hybridized carbons (Fsp3) is 0.500. The van der Waals surface area contributed by atoms with Crippen molar-refractivity contribution in [2.45, 2.75) is 43.9 Å². The van der Waals surface area contributed by atoms with Crippen LogP contribution < -0.4 is 0 Å². The van der Waals surface area contributed by atoms with E-state index >= 15 is 0 Å². The number of rotatable bonds is 8. The molecule has 0 radical (unpaired) electrons. The average molecular weight is 303 g/mol. The molecule has 1 aromatic rings. The molecular formula is C14H19ClO3S. The summed E-state index contributed by atoms with van der Waals surface area (Å²) >= 11 is 5.78. The molecule has 19 heavy (non-hydrogen) atoms.